The van der Waals surface area contributed by atoms with Crippen molar-refractivity contribution in [1.82, 2.24) is 5.32 Å². The molecule has 0 aliphatic carbocycles. The lowest BCUT2D eigenvalue weighted by atomic mass is 9.98. The lowest BCUT2D eigenvalue weighted by molar-refractivity contribution is 0.390. The van der Waals surface area contributed by atoms with Crippen molar-refractivity contribution in [3.63, 3.8) is 0 Å². The molecule has 2 N–H and O–H groups in total. The normalized spacial score (nSPS) is 17.1. The Morgan fingerprint density at radius 3 is 2.82 bits per heavy atom. The van der Waals surface area contributed by atoms with Crippen LogP contribution in [0.4, 0.5) is 10.1 Å². The first-order valence-electron chi connectivity index (χ1n) is 6.07. The van der Waals surface area contributed by atoms with Crippen LogP contribution in [0.1, 0.15) is 18.4 Å². The molecular formula is C13H18ClFN2. The molecule has 1 aromatic rings. The van der Waals surface area contributed by atoms with E-state index in [9.17, 15) is 4.39 Å². The lowest BCUT2D eigenvalue weighted by Crippen LogP contribution is -2.31. The topological polar surface area (TPSA) is 24.1 Å². The second kappa shape index (κ2) is 5.69. The predicted molar refractivity (Wildman–Crippen MR) is 70.2 cm³/mol. The summed E-state index contributed by atoms with van der Waals surface area (Å²) in [6, 6.07) is 3.15. The van der Waals surface area contributed by atoms with E-state index in [1.807, 2.05) is 0 Å². The molecule has 0 saturated carbocycles. The fourth-order valence-corrected chi connectivity index (χ4v) is 2.41. The van der Waals surface area contributed by atoms with Crippen molar-refractivity contribution in [2.75, 3.05) is 25.0 Å². The second-order valence-corrected chi connectivity index (χ2v) is 5.06. The maximum atomic E-state index is 13.4. The number of hydrogen-bond acceptors (Lipinski definition) is 2. The summed E-state index contributed by atoms with van der Waals surface area (Å²) in [7, 11) is 0. The lowest BCUT2D eigenvalue weighted by Gasteiger charge is -2.23. The summed E-state index contributed by atoms with van der Waals surface area (Å²) in [4.78, 5) is 0. The van der Waals surface area contributed by atoms with E-state index in [2.05, 4.69) is 10.6 Å². The zero-order valence-electron chi connectivity index (χ0n) is 10.0. The molecule has 0 amide bonds. The molecule has 1 fully saturated rings. The van der Waals surface area contributed by atoms with E-state index < -0.39 is 0 Å². The molecule has 0 aromatic heterocycles. The minimum absolute atomic E-state index is 0.206. The quantitative estimate of drug-likeness (QED) is 0.868. The van der Waals surface area contributed by atoms with E-state index in [0.29, 0.717) is 22.2 Å². The third-order valence-electron chi connectivity index (χ3n) is 3.29. The molecule has 1 saturated heterocycles. The van der Waals surface area contributed by atoms with Crippen molar-refractivity contribution in [2.24, 2.45) is 5.92 Å². The van der Waals surface area contributed by atoms with Crippen LogP contribution in [0.3, 0.4) is 0 Å². The summed E-state index contributed by atoms with van der Waals surface area (Å²) in [6.45, 7) is 4.73. The second-order valence-electron chi connectivity index (χ2n) is 4.66. The van der Waals surface area contributed by atoms with Crippen LogP contribution in [-0.2, 0) is 0 Å². The van der Waals surface area contributed by atoms with Crippen LogP contribution in [0.25, 0.3) is 0 Å². The van der Waals surface area contributed by atoms with E-state index in [1.165, 1.54) is 18.9 Å². The number of hydrogen-bond donors (Lipinski definition) is 2. The number of benzene rings is 1. The monoisotopic (exact) mass is 256 g/mol. The van der Waals surface area contributed by atoms with E-state index in [4.69, 9.17) is 11.6 Å². The Morgan fingerprint density at radius 1 is 1.41 bits per heavy atom. The van der Waals surface area contributed by atoms with Crippen LogP contribution in [0.15, 0.2) is 12.1 Å². The molecular weight excluding hydrogens is 239 g/mol. The van der Waals surface area contributed by atoms with Crippen molar-refractivity contribution < 1.29 is 4.39 Å². The van der Waals surface area contributed by atoms with Crippen LogP contribution < -0.4 is 10.6 Å². The maximum absolute atomic E-state index is 13.4. The van der Waals surface area contributed by atoms with Crippen LogP contribution >= 0.6 is 11.6 Å². The Labute approximate surface area is 107 Å². The highest BCUT2D eigenvalue weighted by molar-refractivity contribution is 6.33. The van der Waals surface area contributed by atoms with Crippen LogP contribution in [0, 0.1) is 18.7 Å². The third kappa shape index (κ3) is 3.33. The highest BCUT2D eigenvalue weighted by Gasteiger charge is 2.13. The fraction of sp³-hybridized carbons (Fsp3) is 0.538. The van der Waals surface area contributed by atoms with Gasteiger partial charge in [-0.1, -0.05) is 11.6 Å². The molecule has 1 aliphatic heterocycles. The molecule has 2 nitrogen and oxygen atoms in total. The summed E-state index contributed by atoms with van der Waals surface area (Å²) in [5.74, 6) is 0.443. The van der Waals surface area contributed by atoms with E-state index >= 15 is 0 Å². The van der Waals surface area contributed by atoms with E-state index in [-0.39, 0.29) is 5.82 Å². The van der Waals surface area contributed by atoms with Gasteiger partial charge in [-0.15, -0.1) is 0 Å². The molecule has 0 radical (unpaired) electrons. The number of rotatable bonds is 3. The van der Waals surface area contributed by atoms with Gasteiger partial charge in [-0.3, -0.25) is 0 Å². The van der Waals surface area contributed by atoms with Gasteiger partial charge >= 0.3 is 0 Å². The minimum Gasteiger partial charge on any atom is -0.383 e. The van der Waals surface area contributed by atoms with Gasteiger partial charge in [0.05, 0.1) is 10.7 Å². The summed E-state index contributed by atoms with van der Waals surface area (Å²) >= 11 is 6.08. The molecule has 4 heteroatoms. The number of anilines is 1. The van der Waals surface area contributed by atoms with Gasteiger partial charge < -0.3 is 10.6 Å². The van der Waals surface area contributed by atoms with Gasteiger partial charge in [0.15, 0.2) is 0 Å². The van der Waals surface area contributed by atoms with Crippen molar-refractivity contribution >= 4 is 17.3 Å². The Morgan fingerprint density at radius 2 is 2.12 bits per heavy atom. The fourth-order valence-electron chi connectivity index (χ4n) is 2.12. The maximum Gasteiger partial charge on any atom is 0.128 e. The van der Waals surface area contributed by atoms with Crippen LogP contribution in [0.2, 0.25) is 5.02 Å². The first-order valence-corrected chi connectivity index (χ1v) is 6.45. The van der Waals surface area contributed by atoms with Gasteiger partial charge in [0.1, 0.15) is 5.82 Å². The van der Waals surface area contributed by atoms with Gasteiger partial charge in [-0.2, -0.15) is 0 Å². The number of aryl methyl sites for hydroxylation is 1. The summed E-state index contributed by atoms with van der Waals surface area (Å²) in [5.41, 5.74) is 1.29. The first kappa shape index (κ1) is 12.7. The van der Waals surface area contributed by atoms with E-state index in [0.717, 1.165) is 19.6 Å². The average molecular weight is 257 g/mol. The standard InChI is InChI=1S/C13H18ClFN2/c1-9-6-11(14)13(7-12(9)15)17-8-10-2-4-16-5-3-10/h6-7,10,16-17H,2-5,8H2,1H3. The molecule has 2 rings (SSSR count). The number of piperidine rings is 1. The van der Waals surface area contributed by atoms with Gasteiger partial charge in [0.25, 0.3) is 0 Å². The Hall–Kier alpha value is -0.800. The van der Waals surface area contributed by atoms with Crippen LogP contribution in [-0.4, -0.2) is 19.6 Å². The third-order valence-corrected chi connectivity index (χ3v) is 3.60. The number of halogens is 2. The molecule has 0 bridgehead atoms. The molecule has 1 heterocycles. The smallest absolute Gasteiger partial charge is 0.128 e. The number of nitrogens with one attached hydrogen (secondary N) is 2. The Kier molecular flexibility index (Phi) is 4.24. The predicted octanol–water partition coefficient (Wildman–Crippen LogP) is 3.20. The summed E-state index contributed by atoms with van der Waals surface area (Å²) in [6.07, 6.45) is 2.33. The van der Waals surface area contributed by atoms with Gasteiger partial charge in [0.2, 0.25) is 0 Å². The molecule has 0 atom stereocenters. The molecule has 1 aliphatic rings. The first-order chi connectivity index (χ1) is 8.16. The zero-order chi connectivity index (χ0) is 12.3. The SMILES string of the molecule is Cc1cc(Cl)c(NCC2CCNCC2)cc1F. The summed E-state index contributed by atoms with van der Waals surface area (Å²) in [5, 5.41) is 7.17. The highest BCUT2D eigenvalue weighted by atomic mass is 35.5. The van der Waals surface area contributed by atoms with Crippen molar-refractivity contribution in [2.45, 2.75) is 19.8 Å². The van der Waals surface area contributed by atoms with Crippen LogP contribution in [0.5, 0.6) is 0 Å². The zero-order valence-corrected chi connectivity index (χ0v) is 10.8. The van der Waals surface area contributed by atoms with Gasteiger partial charge in [-0.05, 0) is 56.5 Å². The van der Waals surface area contributed by atoms with Crippen molar-refractivity contribution in [3.8, 4) is 0 Å². The average Bonchev–Trinajstić information content (AvgIpc) is 2.33. The molecule has 0 spiro atoms. The molecule has 1 aromatic carbocycles. The van der Waals surface area contributed by atoms with E-state index in [1.54, 1.807) is 13.0 Å². The summed E-state index contributed by atoms with van der Waals surface area (Å²) < 4.78 is 13.4. The Bertz CT molecular complexity index is 389. The molecule has 0 unspecified atom stereocenters. The van der Waals surface area contributed by atoms with Gasteiger partial charge in [-0.25, -0.2) is 4.39 Å². The van der Waals surface area contributed by atoms with Crippen molar-refractivity contribution in [1.29, 1.82) is 0 Å². The Balaban J connectivity index is 1.96. The minimum atomic E-state index is -0.206. The molecule has 94 valence electrons. The largest absolute Gasteiger partial charge is 0.383 e. The molecule has 17 heavy (non-hydrogen) atoms. The van der Waals surface area contributed by atoms with Crippen molar-refractivity contribution in [3.05, 3.63) is 28.5 Å². The highest BCUT2D eigenvalue weighted by Crippen LogP contribution is 2.26. The van der Waals surface area contributed by atoms with Gasteiger partial charge in [0, 0.05) is 6.54 Å².